The van der Waals surface area contributed by atoms with E-state index in [9.17, 15) is 18.0 Å². The summed E-state index contributed by atoms with van der Waals surface area (Å²) in [6, 6.07) is 16.3. The van der Waals surface area contributed by atoms with Crippen molar-refractivity contribution in [1.82, 2.24) is 14.6 Å². The fourth-order valence-electron chi connectivity index (χ4n) is 2.97. The second-order valence-electron chi connectivity index (χ2n) is 6.36. The summed E-state index contributed by atoms with van der Waals surface area (Å²) >= 11 is 1.13. The third-order valence-corrected chi connectivity index (χ3v) is 5.43. The first-order chi connectivity index (χ1) is 13.8. The number of aromatic nitrogens is 3. The molecule has 4 rings (SSSR count). The molecule has 0 saturated heterocycles. The molecule has 29 heavy (non-hydrogen) atoms. The number of hydrogen-bond acceptors (Lipinski definition) is 4. The molecule has 5 nitrogen and oxygen atoms in total. The van der Waals surface area contributed by atoms with Crippen LogP contribution in [0.4, 0.5) is 18.9 Å². The Bertz CT molecular complexity index is 1210. The number of amides is 1. The molecule has 1 amide bonds. The van der Waals surface area contributed by atoms with Gasteiger partial charge < -0.3 is 5.32 Å². The highest BCUT2D eigenvalue weighted by Gasteiger charge is 2.34. The van der Waals surface area contributed by atoms with Gasteiger partial charge in [-0.25, -0.2) is 0 Å². The molecular weight excluding hydrogens is 401 g/mol. The van der Waals surface area contributed by atoms with Crippen LogP contribution in [0.3, 0.4) is 0 Å². The lowest BCUT2D eigenvalue weighted by Gasteiger charge is -2.16. The van der Waals surface area contributed by atoms with Gasteiger partial charge in [0.2, 0.25) is 5.91 Å². The first-order valence-corrected chi connectivity index (χ1v) is 9.59. The van der Waals surface area contributed by atoms with Crippen LogP contribution in [0.5, 0.6) is 0 Å². The van der Waals surface area contributed by atoms with Gasteiger partial charge in [-0.1, -0.05) is 42.1 Å². The summed E-state index contributed by atoms with van der Waals surface area (Å²) in [6.07, 6.45) is -4.55. The van der Waals surface area contributed by atoms with Gasteiger partial charge in [-0.2, -0.15) is 13.2 Å². The number of hydrogen-bond donors (Lipinski definition) is 1. The summed E-state index contributed by atoms with van der Waals surface area (Å²) in [6.45, 7) is 1.61. The van der Waals surface area contributed by atoms with Crippen LogP contribution in [0.1, 0.15) is 12.5 Å². The summed E-state index contributed by atoms with van der Waals surface area (Å²) in [5.41, 5.74) is 0.354. The van der Waals surface area contributed by atoms with Crippen LogP contribution in [0.2, 0.25) is 0 Å². The molecule has 0 fully saturated rings. The molecule has 0 aliphatic heterocycles. The molecule has 0 aliphatic carbocycles. The second-order valence-corrected chi connectivity index (χ2v) is 7.67. The summed E-state index contributed by atoms with van der Waals surface area (Å²) in [5.74, 6) is -0.552. The van der Waals surface area contributed by atoms with Crippen molar-refractivity contribution in [2.45, 2.75) is 23.5 Å². The largest absolute Gasteiger partial charge is 0.418 e. The number of pyridine rings is 1. The molecule has 2 aromatic carbocycles. The number of thioether (sulfide) groups is 1. The zero-order valence-electron chi connectivity index (χ0n) is 15.1. The van der Waals surface area contributed by atoms with Crippen molar-refractivity contribution >= 4 is 39.9 Å². The number of carbonyl (C=O) groups is 1. The number of carbonyl (C=O) groups excluding carboxylic acids is 1. The van der Waals surface area contributed by atoms with E-state index in [0.717, 1.165) is 28.7 Å². The summed E-state index contributed by atoms with van der Waals surface area (Å²) in [4.78, 5) is 12.6. The van der Waals surface area contributed by atoms with Gasteiger partial charge in [0.25, 0.3) is 0 Å². The summed E-state index contributed by atoms with van der Waals surface area (Å²) < 4.78 is 41.3. The average Bonchev–Trinajstić information content (AvgIpc) is 3.11. The Kier molecular flexibility index (Phi) is 4.91. The SMILES string of the molecule is CC(Sc1nnc2ccc3ccccc3n12)C(=O)Nc1ccccc1C(F)(F)F. The topological polar surface area (TPSA) is 59.3 Å². The molecule has 4 aromatic rings. The second kappa shape index (κ2) is 7.40. The Morgan fingerprint density at radius 3 is 2.55 bits per heavy atom. The lowest BCUT2D eigenvalue weighted by molar-refractivity contribution is -0.137. The minimum atomic E-state index is -4.55. The number of anilines is 1. The van der Waals surface area contributed by atoms with Crippen molar-refractivity contribution in [3.63, 3.8) is 0 Å². The van der Waals surface area contributed by atoms with Gasteiger partial charge in [-0.3, -0.25) is 9.20 Å². The minimum absolute atomic E-state index is 0.269. The lowest BCUT2D eigenvalue weighted by atomic mass is 10.1. The third kappa shape index (κ3) is 3.77. The highest BCUT2D eigenvalue weighted by Crippen LogP contribution is 2.35. The standard InChI is InChI=1S/C20H15F3N4OS/c1-12(18(28)24-15-8-4-3-7-14(15)20(21,22)23)29-19-26-25-17-11-10-13-6-2-5-9-16(13)27(17)19/h2-12H,1H3,(H,24,28). The number of nitrogens with zero attached hydrogens (tertiary/aromatic N) is 3. The first kappa shape index (κ1) is 19.3. The monoisotopic (exact) mass is 416 g/mol. The molecular formula is C20H15F3N4OS. The van der Waals surface area contributed by atoms with Gasteiger partial charge in [0, 0.05) is 0 Å². The highest BCUT2D eigenvalue weighted by molar-refractivity contribution is 8.00. The Balaban J connectivity index is 1.60. The molecule has 0 spiro atoms. The number of para-hydroxylation sites is 2. The average molecular weight is 416 g/mol. The van der Waals surface area contributed by atoms with Gasteiger partial charge in [0.1, 0.15) is 0 Å². The maximum atomic E-state index is 13.1. The smallest absolute Gasteiger partial charge is 0.325 e. The van der Waals surface area contributed by atoms with Gasteiger partial charge in [-0.15, -0.1) is 10.2 Å². The van der Waals surface area contributed by atoms with Gasteiger partial charge >= 0.3 is 6.18 Å². The zero-order chi connectivity index (χ0) is 20.6. The quantitative estimate of drug-likeness (QED) is 0.475. The van der Waals surface area contributed by atoms with E-state index in [2.05, 4.69) is 15.5 Å². The van der Waals surface area contributed by atoms with E-state index >= 15 is 0 Å². The molecule has 2 heterocycles. The van der Waals surface area contributed by atoms with Crippen LogP contribution in [0.25, 0.3) is 16.6 Å². The van der Waals surface area contributed by atoms with E-state index in [1.54, 1.807) is 6.92 Å². The van der Waals surface area contributed by atoms with Crippen molar-refractivity contribution in [2.75, 3.05) is 5.32 Å². The number of nitrogens with one attached hydrogen (secondary N) is 1. The number of halogens is 3. The Morgan fingerprint density at radius 1 is 1.03 bits per heavy atom. The van der Waals surface area contributed by atoms with E-state index in [0.29, 0.717) is 10.8 Å². The van der Waals surface area contributed by atoms with Gasteiger partial charge in [-0.05, 0) is 42.6 Å². The van der Waals surface area contributed by atoms with E-state index in [1.165, 1.54) is 18.2 Å². The van der Waals surface area contributed by atoms with Crippen molar-refractivity contribution < 1.29 is 18.0 Å². The zero-order valence-corrected chi connectivity index (χ0v) is 16.0. The Morgan fingerprint density at radius 2 is 1.76 bits per heavy atom. The first-order valence-electron chi connectivity index (χ1n) is 8.71. The van der Waals surface area contributed by atoms with Crippen molar-refractivity contribution in [1.29, 1.82) is 0 Å². The van der Waals surface area contributed by atoms with E-state index < -0.39 is 22.9 Å². The van der Waals surface area contributed by atoms with E-state index in [1.807, 2.05) is 40.8 Å². The highest BCUT2D eigenvalue weighted by atomic mass is 32.2. The normalized spacial score (nSPS) is 13.0. The maximum absolute atomic E-state index is 13.1. The van der Waals surface area contributed by atoms with Crippen LogP contribution in [-0.2, 0) is 11.0 Å². The Hall–Kier alpha value is -3.07. The molecule has 1 atom stereocenters. The number of fused-ring (bicyclic) bond motifs is 3. The van der Waals surface area contributed by atoms with E-state index in [4.69, 9.17) is 0 Å². The lowest BCUT2D eigenvalue weighted by Crippen LogP contribution is -2.24. The fourth-order valence-corrected chi connectivity index (χ4v) is 3.84. The Labute approximate surface area is 167 Å². The van der Waals surface area contributed by atoms with E-state index in [-0.39, 0.29) is 5.69 Å². The molecule has 0 bridgehead atoms. The molecule has 0 radical (unpaired) electrons. The fraction of sp³-hybridized carbons (Fsp3) is 0.150. The number of alkyl halides is 3. The van der Waals surface area contributed by atoms with Crippen molar-refractivity contribution in [3.05, 3.63) is 66.2 Å². The van der Waals surface area contributed by atoms with Crippen LogP contribution in [0.15, 0.2) is 65.8 Å². The van der Waals surface area contributed by atoms with Gasteiger partial charge in [0.05, 0.1) is 22.0 Å². The van der Waals surface area contributed by atoms with Crippen LogP contribution >= 0.6 is 11.8 Å². The molecule has 148 valence electrons. The molecule has 0 saturated carbocycles. The minimum Gasteiger partial charge on any atom is -0.325 e. The summed E-state index contributed by atoms with van der Waals surface area (Å²) in [7, 11) is 0. The molecule has 1 N–H and O–H groups in total. The maximum Gasteiger partial charge on any atom is 0.418 e. The summed E-state index contributed by atoms with van der Waals surface area (Å²) in [5, 5.41) is 11.4. The van der Waals surface area contributed by atoms with Crippen molar-refractivity contribution in [3.8, 4) is 0 Å². The molecule has 2 aromatic heterocycles. The van der Waals surface area contributed by atoms with Crippen LogP contribution in [0, 0.1) is 0 Å². The van der Waals surface area contributed by atoms with Gasteiger partial charge in [0.15, 0.2) is 10.8 Å². The number of rotatable bonds is 4. The third-order valence-electron chi connectivity index (χ3n) is 4.39. The molecule has 0 aliphatic rings. The molecule has 9 heteroatoms. The predicted octanol–water partition coefficient (Wildman–Crippen LogP) is 5.02. The molecule has 1 unspecified atom stereocenters. The number of benzene rings is 2. The van der Waals surface area contributed by atoms with Crippen LogP contribution in [-0.4, -0.2) is 25.8 Å². The van der Waals surface area contributed by atoms with Crippen LogP contribution < -0.4 is 5.32 Å². The van der Waals surface area contributed by atoms with Crippen molar-refractivity contribution in [2.24, 2.45) is 0 Å². The predicted molar refractivity (Wildman–Crippen MR) is 106 cm³/mol.